The molecule has 0 bridgehead atoms. The first kappa shape index (κ1) is 16.6. The van der Waals surface area contributed by atoms with E-state index in [1.165, 1.54) is 0 Å². The lowest BCUT2D eigenvalue weighted by molar-refractivity contribution is 0.243. The van der Waals surface area contributed by atoms with E-state index in [9.17, 15) is 10.2 Å². The summed E-state index contributed by atoms with van der Waals surface area (Å²) < 4.78 is 5.37. The van der Waals surface area contributed by atoms with Crippen LogP contribution in [-0.4, -0.2) is 23.4 Å². The number of hydrogen-bond acceptors (Lipinski definition) is 4. The van der Waals surface area contributed by atoms with E-state index in [0.29, 0.717) is 23.9 Å². The van der Waals surface area contributed by atoms with Crippen molar-refractivity contribution in [2.75, 3.05) is 13.2 Å². The molecule has 0 spiro atoms. The Bertz CT molecular complexity index is 601. The van der Waals surface area contributed by atoms with Crippen LogP contribution in [0.3, 0.4) is 0 Å². The normalized spacial score (nSPS) is 12.1. The molecular weight excluding hydrogens is 302 g/mol. The quantitative estimate of drug-likeness (QED) is 0.732. The largest absolute Gasteiger partial charge is 0.504 e. The summed E-state index contributed by atoms with van der Waals surface area (Å²) in [5, 5.41) is 23.6. The van der Waals surface area contributed by atoms with Gasteiger partial charge < -0.3 is 20.3 Å². The van der Waals surface area contributed by atoms with Gasteiger partial charge in [0.1, 0.15) is 0 Å². The van der Waals surface area contributed by atoms with Crippen molar-refractivity contribution in [1.29, 1.82) is 0 Å². The minimum atomic E-state index is -0.229. The average Bonchev–Trinajstić information content (AvgIpc) is 2.53. The molecule has 22 heavy (non-hydrogen) atoms. The molecule has 1 atom stereocenters. The van der Waals surface area contributed by atoms with Crippen LogP contribution in [-0.2, 0) is 6.54 Å². The van der Waals surface area contributed by atoms with Crippen LogP contribution in [0.25, 0.3) is 0 Å². The number of para-hydroxylation sites is 1. The van der Waals surface area contributed by atoms with Crippen molar-refractivity contribution in [3.05, 3.63) is 58.6 Å². The highest BCUT2D eigenvalue weighted by atomic mass is 35.5. The molecule has 0 saturated carbocycles. The van der Waals surface area contributed by atoms with Gasteiger partial charge in [0.25, 0.3) is 0 Å². The second-order valence-electron chi connectivity index (χ2n) is 4.86. The Hall–Kier alpha value is -1.75. The minimum absolute atomic E-state index is 0.0481. The Labute approximate surface area is 135 Å². The second kappa shape index (κ2) is 8.03. The van der Waals surface area contributed by atoms with Gasteiger partial charge in [-0.25, -0.2) is 0 Å². The number of rotatable bonds is 7. The average molecular weight is 322 g/mol. The Kier molecular flexibility index (Phi) is 6.07. The van der Waals surface area contributed by atoms with Crippen LogP contribution in [0.2, 0.25) is 5.02 Å². The maximum absolute atomic E-state index is 10.2. The van der Waals surface area contributed by atoms with Crippen LogP contribution in [0.15, 0.2) is 42.5 Å². The van der Waals surface area contributed by atoms with E-state index < -0.39 is 0 Å². The van der Waals surface area contributed by atoms with E-state index in [1.807, 2.05) is 31.2 Å². The summed E-state index contributed by atoms with van der Waals surface area (Å²) in [6, 6.07) is 12.5. The summed E-state index contributed by atoms with van der Waals surface area (Å²) in [7, 11) is 0. The molecule has 0 heterocycles. The van der Waals surface area contributed by atoms with Gasteiger partial charge in [0, 0.05) is 17.1 Å². The summed E-state index contributed by atoms with van der Waals surface area (Å²) in [5.74, 6) is 0.596. The highest BCUT2D eigenvalue weighted by Crippen LogP contribution is 2.30. The smallest absolute Gasteiger partial charge is 0.162 e. The Morgan fingerprint density at radius 2 is 1.91 bits per heavy atom. The molecule has 0 aliphatic heterocycles. The van der Waals surface area contributed by atoms with Crippen molar-refractivity contribution in [1.82, 2.24) is 5.32 Å². The van der Waals surface area contributed by atoms with Crippen molar-refractivity contribution < 1.29 is 14.9 Å². The van der Waals surface area contributed by atoms with Crippen LogP contribution in [0.1, 0.15) is 24.1 Å². The zero-order valence-electron chi connectivity index (χ0n) is 12.4. The molecule has 4 nitrogen and oxygen atoms in total. The van der Waals surface area contributed by atoms with Crippen LogP contribution in [0.5, 0.6) is 11.5 Å². The number of phenolic OH excluding ortho intramolecular Hbond substituents is 1. The van der Waals surface area contributed by atoms with Crippen LogP contribution in [0, 0.1) is 0 Å². The summed E-state index contributed by atoms with van der Waals surface area (Å²) in [4.78, 5) is 0. The van der Waals surface area contributed by atoms with Gasteiger partial charge in [0.2, 0.25) is 0 Å². The van der Waals surface area contributed by atoms with Gasteiger partial charge in [-0.3, -0.25) is 0 Å². The summed E-state index contributed by atoms with van der Waals surface area (Å²) in [5.41, 5.74) is 1.66. The minimum Gasteiger partial charge on any atom is -0.504 e. The third kappa shape index (κ3) is 4.13. The predicted molar refractivity (Wildman–Crippen MR) is 87.4 cm³/mol. The first-order valence-corrected chi connectivity index (χ1v) is 7.56. The zero-order chi connectivity index (χ0) is 15.9. The predicted octanol–water partition coefficient (Wildman–Crippen LogP) is 3.27. The fourth-order valence-electron chi connectivity index (χ4n) is 2.20. The molecule has 2 aromatic carbocycles. The first-order chi connectivity index (χ1) is 10.7. The van der Waals surface area contributed by atoms with Crippen molar-refractivity contribution in [3.63, 3.8) is 0 Å². The fraction of sp³-hybridized carbons (Fsp3) is 0.294. The van der Waals surface area contributed by atoms with Gasteiger partial charge >= 0.3 is 0 Å². The van der Waals surface area contributed by atoms with Crippen molar-refractivity contribution in [2.45, 2.75) is 19.5 Å². The van der Waals surface area contributed by atoms with E-state index in [-0.39, 0.29) is 18.4 Å². The van der Waals surface area contributed by atoms with Crippen LogP contribution < -0.4 is 10.1 Å². The van der Waals surface area contributed by atoms with E-state index >= 15 is 0 Å². The van der Waals surface area contributed by atoms with E-state index in [1.54, 1.807) is 18.2 Å². The summed E-state index contributed by atoms with van der Waals surface area (Å²) >= 11 is 5.87. The SMILES string of the molecule is CCOc1cccc(CNC(CO)c2ccc(Cl)cc2)c1O. The molecule has 1 unspecified atom stereocenters. The molecule has 5 heteroatoms. The van der Waals surface area contributed by atoms with Gasteiger partial charge in [0.15, 0.2) is 11.5 Å². The first-order valence-electron chi connectivity index (χ1n) is 7.19. The molecule has 0 aliphatic rings. The second-order valence-corrected chi connectivity index (χ2v) is 5.30. The molecule has 2 rings (SSSR count). The number of ether oxygens (including phenoxy) is 1. The Balaban J connectivity index is 2.07. The molecule has 2 aromatic rings. The third-order valence-electron chi connectivity index (χ3n) is 3.38. The summed E-state index contributed by atoms with van der Waals surface area (Å²) in [6.45, 7) is 2.73. The van der Waals surface area contributed by atoms with Crippen molar-refractivity contribution in [2.24, 2.45) is 0 Å². The number of hydrogen-bond donors (Lipinski definition) is 3. The van der Waals surface area contributed by atoms with Gasteiger partial charge in [-0.2, -0.15) is 0 Å². The molecule has 0 saturated heterocycles. The molecule has 118 valence electrons. The Morgan fingerprint density at radius 1 is 1.18 bits per heavy atom. The lowest BCUT2D eigenvalue weighted by Crippen LogP contribution is -2.24. The monoisotopic (exact) mass is 321 g/mol. The number of aliphatic hydroxyl groups is 1. The van der Waals surface area contributed by atoms with Gasteiger partial charge in [0.05, 0.1) is 19.3 Å². The van der Waals surface area contributed by atoms with E-state index in [4.69, 9.17) is 16.3 Å². The molecule has 0 radical (unpaired) electrons. The molecule has 0 aliphatic carbocycles. The highest BCUT2D eigenvalue weighted by Gasteiger charge is 2.12. The zero-order valence-corrected chi connectivity index (χ0v) is 13.2. The lowest BCUT2D eigenvalue weighted by atomic mass is 10.1. The molecule has 0 aromatic heterocycles. The van der Waals surface area contributed by atoms with Crippen molar-refractivity contribution in [3.8, 4) is 11.5 Å². The molecule has 3 N–H and O–H groups in total. The van der Waals surface area contributed by atoms with E-state index in [2.05, 4.69) is 5.32 Å². The standard InChI is InChI=1S/C17H20ClNO3/c1-2-22-16-5-3-4-13(17(16)21)10-19-15(11-20)12-6-8-14(18)9-7-12/h3-9,15,19-21H,2,10-11H2,1H3. The lowest BCUT2D eigenvalue weighted by Gasteiger charge is -2.18. The number of benzene rings is 2. The number of aromatic hydroxyl groups is 1. The fourth-order valence-corrected chi connectivity index (χ4v) is 2.32. The summed E-state index contributed by atoms with van der Waals surface area (Å²) in [6.07, 6.45) is 0. The van der Waals surface area contributed by atoms with Gasteiger partial charge in [-0.1, -0.05) is 35.9 Å². The molecular formula is C17H20ClNO3. The maximum Gasteiger partial charge on any atom is 0.162 e. The Morgan fingerprint density at radius 3 is 2.55 bits per heavy atom. The third-order valence-corrected chi connectivity index (χ3v) is 3.63. The van der Waals surface area contributed by atoms with Crippen LogP contribution >= 0.6 is 11.6 Å². The van der Waals surface area contributed by atoms with Gasteiger partial charge in [-0.05, 0) is 30.7 Å². The molecule has 0 fully saturated rings. The number of nitrogens with one attached hydrogen (secondary N) is 1. The van der Waals surface area contributed by atoms with Crippen LogP contribution in [0.4, 0.5) is 0 Å². The highest BCUT2D eigenvalue weighted by molar-refractivity contribution is 6.30. The number of aliphatic hydroxyl groups excluding tert-OH is 1. The van der Waals surface area contributed by atoms with Crippen molar-refractivity contribution >= 4 is 11.6 Å². The number of halogens is 1. The maximum atomic E-state index is 10.2. The van der Waals surface area contributed by atoms with Gasteiger partial charge in [-0.15, -0.1) is 0 Å². The molecule has 0 amide bonds. The number of phenols is 1. The topological polar surface area (TPSA) is 61.7 Å². The van der Waals surface area contributed by atoms with E-state index in [0.717, 1.165) is 11.1 Å².